The molecule has 24 heavy (non-hydrogen) atoms. The van der Waals surface area contributed by atoms with Crippen molar-refractivity contribution in [2.45, 2.75) is 0 Å². The van der Waals surface area contributed by atoms with Crippen LogP contribution in [0.3, 0.4) is 0 Å². The van der Waals surface area contributed by atoms with Gasteiger partial charge in [0.15, 0.2) is 17.1 Å². The summed E-state index contributed by atoms with van der Waals surface area (Å²) in [6.45, 7) is 0. The minimum absolute atomic E-state index is 0.106. The van der Waals surface area contributed by atoms with Crippen molar-refractivity contribution in [1.29, 1.82) is 0 Å². The second-order valence-electron chi connectivity index (χ2n) is 4.95. The van der Waals surface area contributed by atoms with Gasteiger partial charge in [0.1, 0.15) is 11.4 Å². The molecule has 0 aliphatic carbocycles. The zero-order valence-corrected chi connectivity index (χ0v) is 13.9. The van der Waals surface area contributed by atoms with Crippen molar-refractivity contribution in [3.63, 3.8) is 0 Å². The number of ether oxygens (including phenoxy) is 2. The van der Waals surface area contributed by atoms with Crippen molar-refractivity contribution >= 4 is 34.3 Å². The lowest BCUT2D eigenvalue weighted by Gasteiger charge is -2.07. The van der Waals surface area contributed by atoms with Crippen molar-refractivity contribution in [1.82, 2.24) is 4.98 Å². The molecule has 0 aliphatic heterocycles. The Morgan fingerprint density at radius 1 is 1.17 bits per heavy atom. The maximum absolute atomic E-state index is 11.4. The minimum Gasteiger partial charge on any atom is -0.493 e. The number of carbonyl (C=O) groups is 1. The van der Waals surface area contributed by atoms with Gasteiger partial charge in [-0.1, -0.05) is 0 Å². The van der Waals surface area contributed by atoms with Crippen molar-refractivity contribution in [2.24, 2.45) is 0 Å². The topological polar surface area (TPSA) is 73.6 Å². The zero-order chi connectivity index (χ0) is 17.1. The number of carbonyl (C=O) groups excluding carboxylic acids is 1. The number of oxazole rings is 1. The van der Waals surface area contributed by atoms with E-state index in [1.54, 1.807) is 44.6 Å². The van der Waals surface area contributed by atoms with Crippen LogP contribution in [0, 0.1) is 0 Å². The minimum atomic E-state index is -0.282. The number of anilines is 1. The van der Waals surface area contributed by atoms with E-state index in [2.05, 4.69) is 10.3 Å². The van der Waals surface area contributed by atoms with E-state index >= 15 is 0 Å². The number of fused-ring (bicyclic) bond motifs is 1. The van der Waals surface area contributed by atoms with E-state index in [1.165, 1.54) is 0 Å². The summed E-state index contributed by atoms with van der Waals surface area (Å²) < 4.78 is 16.3. The molecule has 2 aromatic carbocycles. The van der Waals surface area contributed by atoms with Gasteiger partial charge in [-0.3, -0.25) is 4.79 Å². The Morgan fingerprint density at radius 2 is 1.96 bits per heavy atom. The second kappa shape index (κ2) is 6.80. The number of benzene rings is 2. The average molecular weight is 347 g/mol. The lowest BCUT2D eigenvalue weighted by Crippen LogP contribution is -2.12. The van der Waals surface area contributed by atoms with Crippen LogP contribution in [0.15, 0.2) is 40.8 Å². The summed E-state index contributed by atoms with van der Waals surface area (Å²) in [5, 5.41) is 2.67. The number of nitrogens with zero attached hydrogens (tertiary/aromatic N) is 1. The van der Waals surface area contributed by atoms with E-state index in [-0.39, 0.29) is 11.8 Å². The van der Waals surface area contributed by atoms with E-state index in [4.69, 9.17) is 25.5 Å². The maximum Gasteiger partial charge on any atom is 0.239 e. The quantitative estimate of drug-likeness (QED) is 0.713. The molecule has 124 valence electrons. The highest BCUT2D eigenvalue weighted by atomic mass is 35.5. The van der Waals surface area contributed by atoms with Crippen LogP contribution >= 0.6 is 11.6 Å². The highest BCUT2D eigenvalue weighted by Gasteiger charge is 2.12. The van der Waals surface area contributed by atoms with Crippen LogP contribution < -0.4 is 14.8 Å². The van der Waals surface area contributed by atoms with E-state index < -0.39 is 0 Å². The lowest BCUT2D eigenvalue weighted by atomic mass is 10.2. The van der Waals surface area contributed by atoms with Crippen molar-refractivity contribution in [2.75, 3.05) is 25.4 Å². The van der Waals surface area contributed by atoms with Crippen molar-refractivity contribution < 1.29 is 18.7 Å². The molecule has 0 unspecified atom stereocenters. The molecule has 0 aliphatic rings. The van der Waals surface area contributed by atoms with Crippen LogP contribution in [0.2, 0.25) is 0 Å². The summed E-state index contributed by atoms with van der Waals surface area (Å²) >= 11 is 5.49. The molecule has 0 bridgehead atoms. The van der Waals surface area contributed by atoms with Crippen molar-refractivity contribution in [3.05, 3.63) is 36.4 Å². The summed E-state index contributed by atoms with van der Waals surface area (Å²) in [5.41, 5.74) is 2.61. The first-order valence-corrected chi connectivity index (χ1v) is 7.67. The standard InChI is InChI=1S/C17H15ClN2O4/c1-22-13-6-3-10(7-15(13)23-2)17-20-12-5-4-11(8-14(12)24-17)19-16(21)9-18/h3-8H,9H2,1-2H3,(H,19,21). The Morgan fingerprint density at radius 3 is 2.67 bits per heavy atom. The molecule has 3 rings (SSSR count). The highest BCUT2D eigenvalue weighted by Crippen LogP contribution is 2.33. The number of methoxy groups -OCH3 is 2. The SMILES string of the molecule is COc1ccc(-c2nc3ccc(NC(=O)CCl)cc3o2)cc1OC. The number of alkyl halides is 1. The van der Waals surface area contributed by atoms with E-state index in [0.717, 1.165) is 5.56 Å². The lowest BCUT2D eigenvalue weighted by molar-refractivity contribution is -0.113. The molecule has 1 aromatic heterocycles. The smallest absolute Gasteiger partial charge is 0.239 e. The summed E-state index contributed by atoms with van der Waals surface area (Å²) in [7, 11) is 3.15. The second-order valence-corrected chi connectivity index (χ2v) is 5.22. The van der Waals surface area contributed by atoms with Gasteiger partial charge in [0, 0.05) is 17.3 Å². The molecule has 0 radical (unpaired) electrons. The molecule has 0 saturated heterocycles. The summed E-state index contributed by atoms with van der Waals surface area (Å²) in [5.74, 6) is 1.28. The third kappa shape index (κ3) is 3.14. The van der Waals surface area contributed by atoms with E-state index in [1.807, 2.05) is 6.07 Å². The van der Waals surface area contributed by atoms with Crippen molar-refractivity contribution in [3.8, 4) is 23.0 Å². The molecule has 6 nitrogen and oxygen atoms in total. The first-order chi connectivity index (χ1) is 11.6. The van der Waals surface area contributed by atoms with E-state index in [0.29, 0.717) is 34.2 Å². The number of aromatic nitrogens is 1. The van der Waals surface area contributed by atoms with Gasteiger partial charge in [-0.05, 0) is 30.3 Å². The first-order valence-electron chi connectivity index (χ1n) is 7.13. The number of hydrogen-bond acceptors (Lipinski definition) is 5. The molecule has 0 atom stereocenters. The predicted octanol–water partition coefficient (Wildman–Crippen LogP) is 3.69. The monoisotopic (exact) mass is 346 g/mol. The molecule has 0 spiro atoms. The third-order valence-electron chi connectivity index (χ3n) is 3.42. The zero-order valence-electron chi connectivity index (χ0n) is 13.1. The van der Waals surface area contributed by atoms with Crippen LogP contribution in [-0.2, 0) is 4.79 Å². The third-order valence-corrected chi connectivity index (χ3v) is 3.67. The highest BCUT2D eigenvalue weighted by molar-refractivity contribution is 6.29. The Balaban J connectivity index is 1.97. The van der Waals surface area contributed by atoms with Crippen LogP contribution in [0.4, 0.5) is 5.69 Å². The molecule has 3 aromatic rings. The van der Waals surface area contributed by atoms with E-state index in [9.17, 15) is 4.79 Å². The van der Waals surface area contributed by atoms with Crippen LogP contribution in [0.25, 0.3) is 22.6 Å². The molecule has 7 heteroatoms. The summed E-state index contributed by atoms with van der Waals surface area (Å²) in [6, 6.07) is 10.6. The number of nitrogens with one attached hydrogen (secondary N) is 1. The molecule has 0 saturated carbocycles. The fourth-order valence-electron chi connectivity index (χ4n) is 2.29. The molecular weight excluding hydrogens is 332 g/mol. The van der Waals surface area contributed by atoms with Crippen LogP contribution in [0.5, 0.6) is 11.5 Å². The molecular formula is C17H15ClN2O4. The summed E-state index contributed by atoms with van der Waals surface area (Å²) in [6.07, 6.45) is 0. The number of halogens is 1. The molecule has 1 N–H and O–H groups in total. The molecule has 1 heterocycles. The maximum atomic E-state index is 11.4. The molecule has 0 fully saturated rings. The largest absolute Gasteiger partial charge is 0.493 e. The van der Waals surface area contributed by atoms with Gasteiger partial charge < -0.3 is 19.2 Å². The Kier molecular flexibility index (Phi) is 4.57. The average Bonchev–Trinajstić information content (AvgIpc) is 3.04. The summed E-state index contributed by atoms with van der Waals surface area (Å²) in [4.78, 5) is 15.8. The number of amides is 1. The first kappa shape index (κ1) is 16.1. The normalized spacial score (nSPS) is 10.6. The van der Waals surface area contributed by atoms with Crippen LogP contribution in [-0.4, -0.2) is 31.0 Å². The Labute approximate surface area is 143 Å². The van der Waals surface area contributed by atoms with Gasteiger partial charge in [-0.25, -0.2) is 4.98 Å². The van der Waals surface area contributed by atoms with Gasteiger partial charge in [0.25, 0.3) is 0 Å². The predicted molar refractivity (Wildman–Crippen MR) is 91.9 cm³/mol. The van der Waals surface area contributed by atoms with Gasteiger partial charge in [0.05, 0.1) is 14.2 Å². The van der Waals surface area contributed by atoms with Crippen LogP contribution in [0.1, 0.15) is 0 Å². The fourth-order valence-corrected chi connectivity index (χ4v) is 2.36. The Hall–Kier alpha value is -2.73. The molecule has 1 amide bonds. The van der Waals surface area contributed by atoms with Gasteiger partial charge in [0.2, 0.25) is 11.8 Å². The fraction of sp³-hybridized carbons (Fsp3) is 0.176. The van der Waals surface area contributed by atoms with Gasteiger partial charge >= 0.3 is 0 Å². The van der Waals surface area contributed by atoms with Gasteiger partial charge in [-0.15, -0.1) is 11.6 Å². The Bertz CT molecular complexity index is 891. The number of rotatable bonds is 5. The number of hydrogen-bond donors (Lipinski definition) is 1. The van der Waals surface area contributed by atoms with Gasteiger partial charge in [-0.2, -0.15) is 0 Å².